The Hall–Kier alpha value is -1.95. The quantitative estimate of drug-likeness (QED) is 0.782. The summed E-state index contributed by atoms with van der Waals surface area (Å²) in [5.74, 6) is -0.478. The van der Waals surface area contributed by atoms with E-state index in [1.807, 2.05) is 0 Å². The molecule has 0 saturated carbocycles. The number of aromatic nitrogens is 2. The van der Waals surface area contributed by atoms with E-state index in [0.717, 1.165) is 25.5 Å². The molecule has 3 rings (SSSR count). The van der Waals surface area contributed by atoms with Crippen LogP contribution in [0.2, 0.25) is 0 Å². The fourth-order valence-corrected chi connectivity index (χ4v) is 2.37. The summed E-state index contributed by atoms with van der Waals surface area (Å²) < 4.78 is 14.2. The van der Waals surface area contributed by atoms with Gasteiger partial charge in [0.05, 0.1) is 17.1 Å². The van der Waals surface area contributed by atoms with Crippen molar-refractivity contribution in [2.24, 2.45) is 0 Å². The van der Waals surface area contributed by atoms with Crippen LogP contribution in [0.25, 0.3) is 10.9 Å². The number of H-pyrrole nitrogens is 1. The van der Waals surface area contributed by atoms with Crippen LogP contribution in [0.3, 0.4) is 0 Å². The maximum atomic E-state index is 13.1. The molecular weight excluding hydrogens is 237 g/mol. The van der Waals surface area contributed by atoms with Crippen LogP contribution in [0.1, 0.15) is 19.0 Å². The highest BCUT2D eigenvalue weighted by molar-refractivity contribution is 5.77. The number of halogens is 1. The summed E-state index contributed by atoms with van der Waals surface area (Å²) in [6.45, 7) is 0.790. The molecule has 1 saturated heterocycles. The van der Waals surface area contributed by atoms with Crippen molar-refractivity contribution in [3.05, 3.63) is 44.9 Å². The molecule has 0 aliphatic carbocycles. The monoisotopic (exact) mass is 249 g/mol. The van der Waals surface area contributed by atoms with E-state index < -0.39 is 11.5 Å². The summed E-state index contributed by atoms with van der Waals surface area (Å²) in [5.41, 5.74) is -0.648. The average molecular weight is 249 g/mol. The van der Waals surface area contributed by atoms with E-state index in [4.69, 9.17) is 0 Å². The third-order valence-electron chi connectivity index (χ3n) is 3.24. The lowest BCUT2D eigenvalue weighted by molar-refractivity contribution is 0.439. The number of aromatic amines is 1. The van der Waals surface area contributed by atoms with Gasteiger partial charge in [-0.2, -0.15) is 0 Å². The molecule has 94 valence electrons. The number of hydrogen-bond acceptors (Lipinski definition) is 3. The fraction of sp³-hybridized carbons (Fsp3) is 0.333. The minimum Gasteiger partial charge on any atom is -0.306 e. The van der Waals surface area contributed by atoms with Gasteiger partial charge in [0.15, 0.2) is 0 Å². The maximum Gasteiger partial charge on any atom is 0.330 e. The van der Waals surface area contributed by atoms with Crippen LogP contribution in [-0.2, 0) is 0 Å². The molecule has 1 aliphatic heterocycles. The standard InChI is InChI=1S/C12H12FN3O2/c13-7-3-4-8-9(6-7)15-12(18)16(11(8)17)10-2-1-5-14-10/h3-4,6,10,14H,1-2,5H2,(H,15,18). The SMILES string of the molecule is O=c1[nH]c2cc(F)ccc2c(=O)n1C1CCCN1. The number of fused-ring (bicyclic) bond motifs is 1. The average Bonchev–Trinajstić information content (AvgIpc) is 2.82. The van der Waals surface area contributed by atoms with Gasteiger partial charge in [0, 0.05) is 0 Å². The molecule has 18 heavy (non-hydrogen) atoms. The molecular formula is C12H12FN3O2. The Kier molecular flexibility index (Phi) is 2.52. The highest BCUT2D eigenvalue weighted by atomic mass is 19.1. The van der Waals surface area contributed by atoms with Gasteiger partial charge in [0.25, 0.3) is 5.56 Å². The second-order valence-corrected chi connectivity index (χ2v) is 4.41. The molecule has 0 radical (unpaired) electrons. The van der Waals surface area contributed by atoms with Gasteiger partial charge in [0.1, 0.15) is 5.82 Å². The Morgan fingerprint density at radius 3 is 2.89 bits per heavy atom. The minimum absolute atomic E-state index is 0.235. The lowest BCUT2D eigenvalue weighted by atomic mass is 10.2. The van der Waals surface area contributed by atoms with E-state index in [1.54, 1.807) is 0 Å². The summed E-state index contributed by atoms with van der Waals surface area (Å²) in [6, 6.07) is 3.77. The first-order chi connectivity index (χ1) is 8.66. The van der Waals surface area contributed by atoms with Gasteiger partial charge in [-0.25, -0.2) is 13.8 Å². The third kappa shape index (κ3) is 1.65. The van der Waals surface area contributed by atoms with Crippen LogP contribution in [-0.4, -0.2) is 16.1 Å². The van der Waals surface area contributed by atoms with E-state index in [9.17, 15) is 14.0 Å². The summed E-state index contributed by atoms with van der Waals surface area (Å²) in [5, 5.41) is 3.42. The molecule has 1 aromatic carbocycles. The van der Waals surface area contributed by atoms with Crippen LogP contribution in [0.5, 0.6) is 0 Å². The number of hydrogen-bond donors (Lipinski definition) is 2. The summed E-state index contributed by atoms with van der Waals surface area (Å²) in [4.78, 5) is 26.7. The number of benzene rings is 1. The first-order valence-electron chi connectivity index (χ1n) is 5.84. The van der Waals surface area contributed by atoms with E-state index in [0.29, 0.717) is 5.39 Å². The van der Waals surface area contributed by atoms with Gasteiger partial charge >= 0.3 is 5.69 Å². The van der Waals surface area contributed by atoms with Gasteiger partial charge in [-0.05, 0) is 37.6 Å². The van der Waals surface area contributed by atoms with E-state index in [2.05, 4.69) is 10.3 Å². The smallest absolute Gasteiger partial charge is 0.306 e. The Morgan fingerprint density at radius 2 is 2.17 bits per heavy atom. The van der Waals surface area contributed by atoms with Crippen molar-refractivity contribution in [3.8, 4) is 0 Å². The Balaban J connectivity index is 2.30. The molecule has 2 heterocycles. The second kappa shape index (κ2) is 4.06. The van der Waals surface area contributed by atoms with Crippen molar-refractivity contribution >= 4 is 10.9 Å². The molecule has 1 aromatic heterocycles. The molecule has 1 unspecified atom stereocenters. The second-order valence-electron chi connectivity index (χ2n) is 4.41. The Morgan fingerprint density at radius 1 is 1.33 bits per heavy atom. The van der Waals surface area contributed by atoms with Crippen LogP contribution in [0.15, 0.2) is 27.8 Å². The molecule has 5 nitrogen and oxygen atoms in total. The zero-order valence-electron chi connectivity index (χ0n) is 9.57. The van der Waals surface area contributed by atoms with Crippen LogP contribution < -0.4 is 16.6 Å². The predicted octanol–water partition coefficient (Wildman–Crippen LogP) is 0.711. The van der Waals surface area contributed by atoms with E-state index >= 15 is 0 Å². The van der Waals surface area contributed by atoms with Gasteiger partial charge in [-0.15, -0.1) is 0 Å². The first-order valence-corrected chi connectivity index (χ1v) is 5.84. The minimum atomic E-state index is -0.502. The number of nitrogens with zero attached hydrogens (tertiary/aromatic N) is 1. The highest BCUT2D eigenvalue weighted by Gasteiger charge is 2.20. The van der Waals surface area contributed by atoms with E-state index in [-0.39, 0.29) is 17.2 Å². The fourth-order valence-electron chi connectivity index (χ4n) is 2.37. The lowest BCUT2D eigenvalue weighted by Gasteiger charge is -2.13. The van der Waals surface area contributed by atoms with Gasteiger partial charge < -0.3 is 4.98 Å². The first kappa shape index (κ1) is 11.2. The van der Waals surface area contributed by atoms with Gasteiger partial charge in [-0.1, -0.05) is 0 Å². The zero-order chi connectivity index (χ0) is 12.7. The molecule has 0 bridgehead atoms. The van der Waals surface area contributed by atoms with Gasteiger partial charge in [0.2, 0.25) is 0 Å². The summed E-state index contributed by atoms with van der Waals surface area (Å²) in [6.07, 6.45) is 1.41. The largest absolute Gasteiger partial charge is 0.330 e. The van der Waals surface area contributed by atoms with Crippen molar-refractivity contribution in [3.63, 3.8) is 0 Å². The van der Waals surface area contributed by atoms with Gasteiger partial charge in [-0.3, -0.25) is 10.1 Å². The summed E-state index contributed by atoms with van der Waals surface area (Å²) >= 11 is 0. The number of rotatable bonds is 1. The van der Waals surface area contributed by atoms with Crippen LogP contribution >= 0.6 is 0 Å². The number of nitrogens with one attached hydrogen (secondary N) is 2. The van der Waals surface area contributed by atoms with Crippen LogP contribution in [0, 0.1) is 5.82 Å². The molecule has 6 heteroatoms. The van der Waals surface area contributed by atoms with Crippen molar-refractivity contribution in [1.82, 2.24) is 14.9 Å². The lowest BCUT2D eigenvalue weighted by Crippen LogP contribution is -2.41. The normalized spacial score (nSPS) is 19.5. The maximum absolute atomic E-state index is 13.1. The Bertz CT molecular complexity index is 713. The topological polar surface area (TPSA) is 66.9 Å². The van der Waals surface area contributed by atoms with E-state index in [1.165, 1.54) is 16.7 Å². The van der Waals surface area contributed by atoms with Crippen molar-refractivity contribution < 1.29 is 4.39 Å². The molecule has 1 atom stereocenters. The molecule has 2 N–H and O–H groups in total. The predicted molar refractivity (Wildman–Crippen MR) is 65.1 cm³/mol. The molecule has 1 fully saturated rings. The van der Waals surface area contributed by atoms with Crippen molar-refractivity contribution in [1.29, 1.82) is 0 Å². The molecule has 1 aliphatic rings. The third-order valence-corrected chi connectivity index (χ3v) is 3.24. The Labute approximate surface area is 101 Å². The molecule has 0 spiro atoms. The van der Waals surface area contributed by atoms with Crippen molar-refractivity contribution in [2.45, 2.75) is 19.0 Å². The highest BCUT2D eigenvalue weighted by Crippen LogP contribution is 2.14. The summed E-state index contributed by atoms with van der Waals surface area (Å²) in [7, 11) is 0. The molecule has 2 aromatic rings. The van der Waals surface area contributed by atoms with Crippen molar-refractivity contribution in [2.75, 3.05) is 6.54 Å². The van der Waals surface area contributed by atoms with Crippen LogP contribution in [0.4, 0.5) is 4.39 Å². The molecule has 0 amide bonds. The zero-order valence-corrected chi connectivity index (χ0v) is 9.57.